The minimum atomic E-state index is -1.03. The van der Waals surface area contributed by atoms with Crippen molar-refractivity contribution < 1.29 is 15.0 Å². The van der Waals surface area contributed by atoms with E-state index in [-0.39, 0.29) is 6.42 Å². The first kappa shape index (κ1) is 10.6. The maximum atomic E-state index is 10.6. The Morgan fingerprint density at radius 3 is 2.88 bits per heavy atom. The highest BCUT2D eigenvalue weighted by Crippen LogP contribution is 2.25. The Labute approximate surface area is 91.9 Å². The molecule has 0 saturated heterocycles. The van der Waals surface area contributed by atoms with Crippen LogP contribution in [0.3, 0.4) is 0 Å². The summed E-state index contributed by atoms with van der Waals surface area (Å²) in [5.74, 6) is -1.03. The van der Waals surface area contributed by atoms with Crippen molar-refractivity contribution in [3.05, 3.63) is 30.0 Å². The number of carboxylic acid groups (broad SMARTS) is 1. The molecule has 2 rings (SSSR count). The van der Waals surface area contributed by atoms with E-state index in [1.54, 1.807) is 7.05 Å². The number of hydrogen-bond donors (Lipinski definition) is 2. The third-order valence-electron chi connectivity index (χ3n) is 2.47. The molecule has 1 unspecified atom stereocenters. The molecule has 0 saturated carbocycles. The van der Waals surface area contributed by atoms with Gasteiger partial charge in [-0.25, -0.2) is 0 Å². The molecule has 0 aliphatic rings. The zero-order valence-electron chi connectivity index (χ0n) is 8.79. The van der Waals surface area contributed by atoms with Gasteiger partial charge in [-0.05, 0) is 6.07 Å². The molecule has 2 aromatic rings. The van der Waals surface area contributed by atoms with Crippen LogP contribution < -0.4 is 0 Å². The minimum absolute atomic E-state index is 0.316. The molecule has 0 aliphatic heterocycles. The summed E-state index contributed by atoms with van der Waals surface area (Å²) in [6, 6.07) is 7.33. The summed E-state index contributed by atoms with van der Waals surface area (Å²) < 4.78 is 1.53. The van der Waals surface area contributed by atoms with Crippen molar-refractivity contribution in [1.82, 2.24) is 9.78 Å². The lowest BCUT2D eigenvalue weighted by atomic mass is 10.1. The summed E-state index contributed by atoms with van der Waals surface area (Å²) in [7, 11) is 1.69. The molecule has 0 fully saturated rings. The lowest BCUT2D eigenvalue weighted by Crippen LogP contribution is -2.10. The number of benzene rings is 1. The second-order valence-corrected chi connectivity index (χ2v) is 3.64. The molecule has 1 atom stereocenters. The number of aromatic nitrogens is 2. The summed E-state index contributed by atoms with van der Waals surface area (Å²) in [6.45, 7) is 0. The van der Waals surface area contributed by atoms with E-state index in [4.69, 9.17) is 5.11 Å². The zero-order chi connectivity index (χ0) is 11.7. The van der Waals surface area contributed by atoms with E-state index in [0.717, 1.165) is 10.9 Å². The third-order valence-corrected chi connectivity index (χ3v) is 2.47. The fraction of sp³-hybridized carbons (Fsp3) is 0.273. The van der Waals surface area contributed by atoms with Crippen LogP contribution in [0, 0.1) is 0 Å². The zero-order valence-corrected chi connectivity index (χ0v) is 8.79. The number of aryl methyl sites for hydroxylation is 1. The molecule has 5 nitrogen and oxygen atoms in total. The fourth-order valence-electron chi connectivity index (χ4n) is 1.82. The van der Waals surface area contributed by atoms with E-state index < -0.39 is 12.1 Å². The number of nitrogens with zero attached hydrogens (tertiary/aromatic N) is 2. The summed E-state index contributed by atoms with van der Waals surface area (Å²) in [6.07, 6.45) is -1.35. The van der Waals surface area contributed by atoms with E-state index in [2.05, 4.69) is 5.10 Å². The first-order valence-corrected chi connectivity index (χ1v) is 4.91. The highest BCUT2D eigenvalue weighted by molar-refractivity contribution is 5.82. The molecule has 0 spiro atoms. The van der Waals surface area contributed by atoms with Gasteiger partial charge in [-0.3, -0.25) is 9.48 Å². The molecule has 0 aliphatic carbocycles. The largest absolute Gasteiger partial charge is 0.481 e. The Hall–Kier alpha value is -1.88. The van der Waals surface area contributed by atoms with Gasteiger partial charge in [0.25, 0.3) is 0 Å². The highest BCUT2D eigenvalue weighted by atomic mass is 16.4. The van der Waals surface area contributed by atoms with Crippen molar-refractivity contribution in [3.63, 3.8) is 0 Å². The molecule has 1 heterocycles. The van der Waals surface area contributed by atoms with Crippen molar-refractivity contribution in [2.24, 2.45) is 7.05 Å². The molecular weight excluding hydrogens is 208 g/mol. The first-order valence-electron chi connectivity index (χ1n) is 4.91. The molecule has 1 aromatic carbocycles. The van der Waals surface area contributed by atoms with Gasteiger partial charge in [0.05, 0.1) is 17.6 Å². The fourth-order valence-corrected chi connectivity index (χ4v) is 1.82. The SMILES string of the molecule is Cn1nc2ccccc2c1C(O)CC(=O)O. The minimum Gasteiger partial charge on any atom is -0.481 e. The Bertz CT molecular complexity index is 533. The second kappa shape index (κ2) is 3.94. The first-order chi connectivity index (χ1) is 7.59. The molecule has 84 valence electrons. The number of carbonyl (C=O) groups is 1. The monoisotopic (exact) mass is 220 g/mol. The van der Waals surface area contributed by atoms with Crippen molar-refractivity contribution in [2.75, 3.05) is 0 Å². The van der Waals surface area contributed by atoms with Gasteiger partial charge in [-0.15, -0.1) is 0 Å². The lowest BCUT2D eigenvalue weighted by molar-refractivity contribution is -0.139. The van der Waals surface area contributed by atoms with Crippen LogP contribution in [0.15, 0.2) is 24.3 Å². The van der Waals surface area contributed by atoms with Crippen LogP contribution in [0.25, 0.3) is 10.9 Å². The Kier molecular flexibility index (Phi) is 2.62. The van der Waals surface area contributed by atoms with E-state index >= 15 is 0 Å². The summed E-state index contributed by atoms with van der Waals surface area (Å²) in [5.41, 5.74) is 1.29. The molecule has 0 bridgehead atoms. The Morgan fingerprint density at radius 2 is 2.19 bits per heavy atom. The van der Waals surface area contributed by atoms with Crippen LogP contribution in [-0.2, 0) is 11.8 Å². The number of aliphatic carboxylic acids is 1. The summed E-state index contributed by atoms with van der Waals surface area (Å²) in [5, 5.41) is 23.5. The molecule has 16 heavy (non-hydrogen) atoms. The highest BCUT2D eigenvalue weighted by Gasteiger charge is 2.19. The Morgan fingerprint density at radius 1 is 1.50 bits per heavy atom. The van der Waals surface area contributed by atoms with E-state index in [1.807, 2.05) is 24.3 Å². The van der Waals surface area contributed by atoms with Gasteiger partial charge in [-0.2, -0.15) is 5.10 Å². The second-order valence-electron chi connectivity index (χ2n) is 3.64. The van der Waals surface area contributed by atoms with E-state index in [1.165, 1.54) is 4.68 Å². The average molecular weight is 220 g/mol. The van der Waals surface area contributed by atoms with Gasteiger partial charge in [0.2, 0.25) is 0 Å². The number of hydrogen-bond acceptors (Lipinski definition) is 3. The van der Waals surface area contributed by atoms with Gasteiger partial charge in [0.15, 0.2) is 0 Å². The van der Waals surface area contributed by atoms with Gasteiger partial charge >= 0.3 is 5.97 Å². The third kappa shape index (κ3) is 1.77. The molecular formula is C11H12N2O3. The van der Waals surface area contributed by atoms with Gasteiger partial charge in [0, 0.05) is 12.4 Å². The maximum absolute atomic E-state index is 10.6. The lowest BCUT2D eigenvalue weighted by Gasteiger charge is -2.08. The summed E-state index contributed by atoms with van der Waals surface area (Å²) >= 11 is 0. The van der Waals surface area contributed by atoms with E-state index in [9.17, 15) is 9.90 Å². The predicted octanol–water partition coefficient (Wildman–Crippen LogP) is 1.08. The predicted molar refractivity (Wildman–Crippen MR) is 57.9 cm³/mol. The molecule has 0 amide bonds. The quantitative estimate of drug-likeness (QED) is 0.811. The normalized spacial score (nSPS) is 12.9. The van der Waals surface area contributed by atoms with Crippen LogP contribution in [0.2, 0.25) is 0 Å². The van der Waals surface area contributed by atoms with Crippen molar-refractivity contribution >= 4 is 16.9 Å². The molecule has 2 N–H and O–H groups in total. The molecule has 5 heteroatoms. The van der Waals surface area contributed by atoms with Crippen LogP contribution in [0.4, 0.5) is 0 Å². The summed E-state index contributed by atoms with van der Waals surface area (Å²) in [4.78, 5) is 10.6. The van der Waals surface area contributed by atoms with Crippen LogP contribution in [0.5, 0.6) is 0 Å². The number of rotatable bonds is 3. The number of aliphatic hydroxyl groups excluding tert-OH is 1. The number of aliphatic hydroxyl groups is 1. The van der Waals surface area contributed by atoms with Gasteiger partial charge in [-0.1, -0.05) is 18.2 Å². The standard InChI is InChI=1S/C11H12N2O3/c1-13-11(9(14)6-10(15)16)7-4-2-3-5-8(7)12-13/h2-5,9,14H,6H2,1H3,(H,15,16). The number of carboxylic acids is 1. The maximum Gasteiger partial charge on any atom is 0.306 e. The van der Waals surface area contributed by atoms with Crippen LogP contribution in [0.1, 0.15) is 18.2 Å². The van der Waals surface area contributed by atoms with Crippen LogP contribution >= 0.6 is 0 Å². The molecule has 0 radical (unpaired) electrons. The average Bonchev–Trinajstić information content (AvgIpc) is 2.52. The topological polar surface area (TPSA) is 75.3 Å². The van der Waals surface area contributed by atoms with Crippen molar-refractivity contribution in [3.8, 4) is 0 Å². The van der Waals surface area contributed by atoms with Crippen molar-refractivity contribution in [2.45, 2.75) is 12.5 Å². The Balaban J connectivity index is 2.50. The smallest absolute Gasteiger partial charge is 0.306 e. The van der Waals surface area contributed by atoms with Gasteiger partial charge < -0.3 is 10.2 Å². The van der Waals surface area contributed by atoms with Crippen LogP contribution in [-0.4, -0.2) is 26.0 Å². The molecule has 1 aromatic heterocycles. The van der Waals surface area contributed by atoms with Crippen molar-refractivity contribution in [1.29, 1.82) is 0 Å². The van der Waals surface area contributed by atoms with E-state index in [0.29, 0.717) is 5.69 Å². The van der Waals surface area contributed by atoms with Gasteiger partial charge in [0.1, 0.15) is 6.10 Å². The number of fused-ring (bicyclic) bond motifs is 1.